The molecule has 0 amide bonds. The molecule has 2 unspecified atom stereocenters. The van der Waals surface area contributed by atoms with Gasteiger partial charge < -0.3 is 30.7 Å². The maximum atomic E-state index is 12.8. The van der Waals surface area contributed by atoms with Crippen LogP contribution < -0.4 is 30.7 Å². The lowest BCUT2D eigenvalue weighted by Crippen LogP contribution is -2.35. The quantitative estimate of drug-likeness (QED) is 0.0419. The molecule has 2 atom stereocenters. The first-order valence-electron chi connectivity index (χ1n) is 17.2. The zero-order chi connectivity index (χ0) is 40.7. The van der Waals surface area contributed by atoms with Crippen LogP contribution in [-0.2, 0) is 20.2 Å². The van der Waals surface area contributed by atoms with Gasteiger partial charge in [-0.15, -0.1) is 0 Å². The Hall–Kier alpha value is -6.14. The van der Waals surface area contributed by atoms with E-state index in [4.69, 9.17) is 32.7 Å². The van der Waals surface area contributed by atoms with Crippen LogP contribution in [0.15, 0.2) is 165 Å². The van der Waals surface area contributed by atoms with Gasteiger partial charge in [0.2, 0.25) is 10.2 Å². The summed E-state index contributed by atoms with van der Waals surface area (Å²) in [4.78, 5) is 7.02. The van der Waals surface area contributed by atoms with Crippen molar-refractivity contribution in [3.8, 4) is 22.6 Å². The second kappa shape index (κ2) is 15.0. The van der Waals surface area contributed by atoms with Gasteiger partial charge in [-0.2, -0.15) is 16.8 Å². The van der Waals surface area contributed by atoms with E-state index in [1.54, 1.807) is 12.1 Å². The number of aliphatic imine (C=N–C) groups is 2. The molecule has 0 spiro atoms. The molecule has 6 aromatic carbocycles. The molecule has 0 aromatic heterocycles. The molecular weight excluding hydrogens is 828 g/mol. The summed E-state index contributed by atoms with van der Waals surface area (Å²) in [6, 6.07) is 33.9. The Kier molecular flexibility index (Phi) is 10.0. The molecule has 0 saturated heterocycles. The Morgan fingerprint density at radius 3 is 1.33 bits per heavy atom. The van der Waals surface area contributed by atoms with Crippen LogP contribution in [0, 0.1) is 0 Å². The molecule has 6 N–H and O–H groups in total. The number of halogens is 2. The number of alkyl halides is 2. The molecule has 294 valence electrons. The van der Waals surface area contributed by atoms with Gasteiger partial charge in [0.05, 0.1) is 12.7 Å². The Bertz CT molecular complexity index is 2780. The van der Waals surface area contributed by atoms with Gasteiger partial charge >= 0.3 is 0 Å². The van der Waals surface area contributed by atoms with Crippen LogP contribution >= 0.6 is 23.2 Å². The SMILES string of the molecule is O=S(=O)(O)c1cc(NC2(Cl)C=C(Oc3ccc4ccccc4c3)NC=N2)ccc1-c1ccc(NC2(Cl)C=C(Oc3ccc4ccccc4c3)NC=N2)cc1S(=O)(=O)O. The first-order valence-corrected chi connectivity index (χ1v) is 20.8. The first-order chi connectivity index (χ1) is 27.6. The van der Waals surface area contributed by atoms with E-state index >= 15 is 0 Å². The zero-order valence-electron chi connectivity index (χ0n) is 29.7. The number of anilines is 2. The number of fused-ring (bicyclic) bond motifs is 2. The highest BCUT2D eigenvalue weighted by molar-refractivity contribution is 7.86. The number of rotatable bonds is 11. The molecule has 2 aliphatic heterocycles. The minimum Gasteiger partial charge on any atom is -0.441 e. The standard InChI is InChI=1S/C40H30Cl2N6O8S2/c41-39(21-37(43-23-45-39)55-31-13-9-25-5-1-3-7-27(25)17-31)47-29-11-15-33(35(19-29)57(49,50)51)34-16-12-30(20-36(34)58(52,53)54)48-40(42)22-38(44-24-46-40)56-32-14-10-26-6-2-4-8-28(26)18-32/h1-24,47-48H,(H,43,45)(H,44,46)(H,49,50,51)(H,52,53,54). The topological polar surface area (TPSA) is 200 Å². The van der Waals surface area contributed by atoms with Crippen molar-refractivity contribution >= 4 is 89.0 Å². The highest BCUT2D eigenvalue weighted by atomic mass is 35.5. The monoisotopic (exact) mass is 856 g/mol. The van der Waals surface area contributed by atoms with Crippen LogP contribution in [0.5, 0.6) is 11.5 Å². The average Bonchev–Trinajstić information content (AvgIpc) is 3.17. The van der Waals surface area contributed by atoms with Crippen LogP contribution in [-0.4, -0.2) is 48.9 Å². The summed E-state index contributed by atoms with van der Waals surface area (Å²) in [5.41, 5.74) is -0.376. The number of nitrogens with zero attached hydrogens (tertiary/aromatic N) is 2. The lowest BCUT2D eigenvalue weighted by atomic mass is 10.0. The number of hydrogen-bond donors (Lipinski definition) is 6. The maximum absolute atomic E-state index is 12.8. The summed E-state index contributed by atoms with van der Waals surface area (Å²) in [6.45, 7) is 0. The molecule has 0 saturated carbocycles. The van der Waals surface area contributed by atoms with E-state index in [9.17, 15) is 25.9 Å². The number of ether oxygens (including phenoxy) is 2. The van der Waals surface area contributed by atoms with Crippen molar-refractivity contribution in [2.24, 2.45) is 9.98 Å². The van der Waals surface area contributed by atoms with E-state index < -0.39 is 40.3 Å². The van der Waals surface area contributed by atoms with Crippen molar-refractivity contribution in [3.05, 3.63) is 145 Å². The van der Waals surface area contributed by atoms with E-state index in [2.05, 4.69) is 31.3 Å². The Labute approximate surface area is 342 Å². The molecule has 18 heteroatoms. The Morgan fingerprint density at radius 2 is 0.931 bits per heavy atom. The molecule has 0 aliphatic carbocycles. The molecule has 6 aromatic rings. The van der Waals surface area contributed by atoms with Gasteiger partial charge in [0.15, 0.2) is 11.8 Å². The van der Waals surface area contributed by atoms with Crippen molar-refractivity contribution in [2.45, 2.75) is 20.0 Å². The highest BCUT2D eigenvalue weighted by Gasteiger charge is 2.31. The molecule has 2 heterocycles. The minimum absolute atomic E-state index is 0.0692. The smallest absolute Gasteiger partial charge is 0.295 e. The van der Waals surface area contributed by atoms with Crippen molar-refractivity contribution in [3.63, 3.8) is 0 Å². The fraction of sp³-hybridized carbons (Fsp3) is 0.0500. The van der Waals surface area contributed by atoms with Crippen LogP contribution in [0.1, 0.15) is 0 Å². The van der Waals surface area contributed by atoms with Crippen molar-refractivity contribution < 1.29 is 35.4 Å². The largest absolute Gasteiger partial charge is 0.441 e. The van der Waals surface area contributed by atoms with E-state index in [1.807, 2.05) is 72.8 Å². The van der Waals surface area contributed by atoms with Gasteiger partial charge in [-0.05, 0) is 70.1 Å². The number of hydrogen-bond acceptors (Lipinski definition) is 12. The average molecular weight is 858 g/mol. The van der Waals surface area contributed by atoms with Gasteiger partial charge in [0, 0.05) is 34.7 Å². The predicted molar refractivity (Wildman–Crippen MR) is 224 cm³/mol. The first kappa shape index (κ1) is 38.7. The highest BCUT2D eigenvalue weighted by Crippen LogP contribution is 2.38. The normalized spacial score (nSPS) is 19.1. The van der Waals surface area contributed by atoms with Crippen LogP contribution in [0.2, 0.25) is 0 Å². The predicted octanol–water partition coefficient (Wildman–Crippen LogP) is 7.87. The molecule has 0 radical (unpaired) electrons. The summed E-state index contributed by atoms with van der Waals surface area (Å²) in [5, 5.41) is 12.1. The van der Waals surface area contributed by atoms with E-state index in [0.29, 0.717) is 11.5 Å². The Morgan fingerprint density at radius 1 is 0.534 bits per heavy atom. The van der Waals surface area contributed by atoms with Gasteiger partial charge in [0.1, 0.15) is 21.3 Å². The summed E-state index contributed by atoms with van der Waals surface area (Å²) in [5.74, 6) is 1.45. The van der Waals surface area contributed by atoms with Crippen molar-refractivity contribution in [2.75, 3.05) is 10.6 Å². The molecule has 2 aliphatic rings. The van der Waals surface area contributed by atoms with Crippen molar-refractivity contribution in [1.29, 1.82) is 0 Å². The third-order valence-electron chi connectivity index (χ3n) is 8.91. The molecular formula is C40H30Cl2N6O8S2. The third kappa shape index (κ3) is 8.57. The van der Waals surface area contributed by atoms with Gasteiger partial charge in [-0.1, -0.05) is 96.0 Å². The molecule has 8 rings (SSSR count). The summed E-state index contributed by atoms with van der Waals surface area (Å²) < 4.78 is 83.9. The number of nitrogens with one attached hydrogen (secondary N) is 4. The van der Waals surface area contributed by atoms with E-state index in [0.717, 1.165) is 33.7 Å². The molecule has 0 fully saturated rings. The minimum atomic E-state index is -5.02. The lowest BCUT2D eigenvalue weighted by Gasteiger charge is -2.27. The maximum Gasteiger partial charge on any atom is 0.295 e. The number of benzene rings is 6. The summed E-state index contributed by atoms with van der Waals surface area (Å²) in [6.07, 6.45) is 5.40. The fourth-order valence-corrected chi connectivity index (χ4v) is 8.31. The summed E-state index contributed by atoms with van der Waals surface area (Å²) >= 11 is 13.6. The second-order valence-corrected chi connectivity index (χ2v) is 16.9. The lowest BCUT2D eigenvalue weighted by molar-refractivity contribution is 0.396. The Balaban J connectivity index is 1.05. The van der Waals surface area contributed by atoms with E-state index in [-0.39, 0.29) is 34.3 Å². The van der Waals surface area contributed by atoms with Crippen LogP contribution in [0.25, 0.3) is 32.7 Å². The molecule has 58 heavy (non-hydrogen) atoms. The third-order valence-corrected chi connectivity index (χ3v) is 11.3. The van der Waals surface area contributed by atoms with Gasteiger partial charge in [-0.3, -0.25) is 9.11 Å². The molecule has 0 bridgehead atoms. The van der Waals surface area contributed by atoms with Crippen molar-refractivity contribution in [1.82, 2.24) is 10.6 Å². The second-order valence-electron chi connectivity index (χ2n) is 13.0. The zero-order valence-corrected chi connectivity index (χ0v) is 32.8. The molecule has 14 nitrogen and oxygen atoms in total. The van der Waals surface area contributed by atoms with Gasteiger partial charge in [-0.25, -0.2) is 9.98 Å². The van der Waals surface area contributed by atoms with Crippen LogP contribution in [0.3, 0.4) is 0 Å². The fourth-order valence-electron chi connectivity index (χ4n) is 6.33. The summed E-state index contributed by atoms with van der Waals surface area (Å²) in [7, 11) is -10.0. The van der Waals surface area contributed by atoms with E-state index in [1.165, 1.54) is 49.1 Å². The van der Waals surface area contributed by atoms with Crippen LogP contribution in [0.4, 0.5) is 11.4 Å². The van der Waals surface area contributed by atoms with Gasteiger partial charge in [0.25, 0.3) is 20.2 Å².